The number of nitrogens with zero attached hydrogens (tertiary/aromatic N) is 3. The Morgan fingerprint density at radius 1 is 1.43 bits per heavy atom. The van der Waals surface area contributed by atoms with Gasteiger partial charge in [-0.15, -0.1) is 0 Å². The van der Waals surface area contributed by atoms with Crippen LogP contribution in [0.25, 0.3) is 11.0 Å². The third-order valence-corrected chi connectivity index (χ3v) is 4.12. The van der Waals surface area contributed by atoms with Crippen LogP contribution in [0.5, 0.6) is 0 Å². The van der Waals surface area contributed by atoms with Gasteiger partial charge in [-0.25, -0.2) is 4.98 Å². The van der Waals surface area contributed by atoms with Crippen LogP contribution in [-0.2, 0) is 6.54 Å². The van der Waals surface area contributed by atoms with Crippen molar-refractivity contribution in [1.29, 1.82) is 0 Å². The number of H-pyrrole nitrogens is 1. The SMILES string of the molecule is CSCC(CO)CN(C)Cc1c[nH]c2c(N)nc(N)nc12. The highest BCUT2D eigenvalue weighted by Crippen LogP contribution is 2.22. The molecule has 21 heavy (non-hydrogen) atoms. The summed E-state index contributed by atoms with van der Waals surface area (Å²) in [6.45, 7) is 1.72. The normalized spacial score (nSPS) is 13.1. The molecule has 0 amide bonds. The molecule has 0 bridgehead atoms. The van der Waals surface area contributed by atoms with E-state index in [-0.39, 0.29) is 18.5 Å². The number of rotatable bonds is 7. The largest absolute Gasteiger partial charge is 0.396 e. The highest BCUT2D eigenvalue weighted by Gasteiger charge is 2.14. The number of thioether (sulfide) groups is 1. The first-order chi connectivity index (χ1) is 10.0. The van der Waals surface area contributed by atoms with Crippen LogP contribution in [0.1, 0.15) is 5.56 Å². The second-order valence-electron chi connectivity index (χ2n) is 5.21. The zero-order valence-electron chi connectivity index (χ0n) is 12.3. The zero-order valence-corrected chi connectivity index (χ0v) is 13.2. The molecule has 2 aromatic rings. The van der Waals surface area contributed by atoms with Gasteiger partial charge in [-0.2, -0.15) is 16.7 Å². The maximum absolute atomic E-state index is 9.38. The van der Waals surface area contributed by atoms with E-state index in [4.69, 9.17) is 11.5 Å². The minimum absolute atomic E-state index is 0.180. The van der Waals surface area contributed by atoms with Gasteiger partial charge in [0.15, 0.2) is 5.82 Å². The van der Waals surface area contributed by atoms with Crippen molar-refractivity contribution in [2.24, 2.45) is 5.92 Å². The van der Waals surface area contributed by atoms with Gasteiger partial charge in [0.1, 0.15) is 11.0 Å². The van der Waals surface area contributed by atoms with Crippen molar-refractivity contribution >= 4 is 34.6 Å². The highest BCUT2D eigenvalue weighted by atomic mass is 32.2. The molecule has 0 saturated carbocycles. The first-order valence-corrected chi connectivity index (χ1v) is 8.11. The number of hydrogen-bond donors (Lipinski definition) is 4. The van der Waals surface area contributed by atoms with Crippen molar-refractivity contribution in [1.82, 2.24) is 19.9 Å². The van der Waals surface area contributed by atoms with Gasteiger partial charge in [0.2, 0.25) is 5.95 Å². The lowest BCUT2D eigenvalue weighted by molar-refractivity contribution is 0.190. The number of aliphatic hydroxyl groups is 1. The van der Waals surface area contributed by atoms with Gasteiger partial charge < -0.3 is 26.5 Å². The zero-order chi connectivity index (χ0) is 15.4. The lowest BCUT2D eigenvalue weighted by Crippen LogP contribution is -2.28. The van der Waals surface area contributed by atoms with E-state index in [2.05, 4.69) is 19.9 Å². The van der Waals surface area contributed by atoms with Gasteiger partial charge in [0.25, 0.3) is 0 Å². The van der Waals surface area contributed by atoms with Crippen LogP contribution in [0.3, 0.4) is 0 Å². The Bertz CT molecular complexity index is 602. The third-order valence-electron chi connectivity index (χ3n) is 3.32. The molecule has 2 rings (SSSR count). The number of anilines is 2. The van der Waals surface area contributed by atoms with Gasteiger partial charge in [0, 0.05) is 37.4 Å². The minimum Gasteiger partial charge on any atom is -0.396 e. The maximum atomic E-state index is 9.38. The van der Waals surface area contributed by atoms with E-state index in [1.54, 1.807) is 11.8 Å². The van der Waals surface area contributed by atoms with Gasteiger partial charge in [0.05, 0.1) is 0 Å². The summed E-state index contributed by atoms with van der Waals surface area (Å²) in [5.41, 5.74) is 14.0. The molecule has 116 valence electrons. The number of hydrogen-bond acceptors (Lipinski definition) is 7. The van der Waals surface area contributed by atoms with Crippen molar-refractivity contribution in [2.75, 3.05) is 43.7 Å². The monoisotopic (exact) mass is 310 g/mol. The Kier molecular flexibility index (Phi) is 5.27. The van der Waals surface area contributed by atoms with Crippen molar-refractivity contribution in [3.8, 4) is 0 Å². The van der Waals surface area contributed by atoms with E-state index < -0.39 is 0 Å². The Morgan fingerprint density at radius 2 is 2.19 bits per heavy atom. The van der Waals surface area contributed by atoms with Crippen LogP contribution in [0.15, 0.2) is 6.20 Å². The van der Waals surface area contributed by atoms with E-state index in [1.807, 2.05) is 19.5 Å². The van der Waals surface area contributed by atoms with Crippen LogP contribution in [-0.4, -0.2) is 57.2 Å². The van der Waals surface area contributed by atoms with Crippen LogP contribution >= 0.6 is 11.8 Å². The standard InChI is InChI=1S/C13H22N6OS/c1-19(4-8(6-20)7-21-2)5-9-3-16-11-10(9)17-13(15)18-12(11)14/h3,8,16,20H,4-7H2,1-2H3,(H4,14,15,17,18). The first-order valence-electron chi connectivity index (χ1n) is 6.72. The lowest BCUT2D eigenvalue weighted by Gasteiger charge is -2.21. The number of aromatic nitrogens is 3. The van der Waals surface area contributed by atoms with Crippen LogP contribution in [0, 0.1) is 5.92 Å². The molecule has 2 heterocycles. The number of fused-ring (bicyclic) bond motifs is 1. The lowest BCUT2D eigenvalue weighted by atomic mass is 10.1. The van der Waals surface area contributed by atoms with E-state index in [9.17, 15) is 5.11 Å². The fraction of sp³-hybridized carbons (Fsp3) is 0.538. The van der Waals surface area contributed by atoms with E-state index >= 15 is 0 Å². The Hall–Kier alpha value is -1.51. The summed E-state index contributed by atoms with van der Waals surface area (Å²) in [5.74, 6) is 1.75. The van der Waals surface area contributed by atoms with Crippen LogP contribution < -0.4 is 11.5 Å². The number of nitrogens with two attached hydrogens (primary N) is 2. The number of aliphatic hydroxyl groups excluding tert-OH is 1. The summed E-state index contributed by atoms with van der Waals surface area (Å²) in [7, 11) is 2.02. The molecular weight excluding hydrogens is 288 g/mol. The Labute approximate surface area is 128 Å². The molecule has 0 aliphatic heterocycles. The molecule has 1 atom stereocenters. The molecule has 0 radical (unpaired) electrons. The van der Waals surface area contributed by atoms with Crippen molar-refractivity contribution in [2.45, 2.75) is 6.54 Å². The molecule has 0 spiro atoms. The predicted molar refractivity (Wildman–Crippen MR) is 88.0 cm³/mol. The topological polar surface area (TPSA) is 117 Å². The smallest absolute Gasteiger partial charge is 0.222 e. The molecule has 8 heteroatoms. The highest BCUT2D eigenvalue weighted by molar-refractivity contribution is 7.98. The molecular formula is C13H22N6OS. The summed E-state index contributed by atoms with van der Waals surface area (Å²) < 4.78 is 0. The second kappa shape index (κ2) is 6.97. The van der Waals surface area contributed by atoms with Crippen molar-refractivity contribution < 1.29 is 5.11 Å². The quantitative estimate of drug-likeness (QED) is 0.589. The molecule has 1 unspecified atom stereocenters. The minimum atomic E-state index is 0.180. The summed E-state index contributed by atoms with van der Waals surface area (Å²) in [6.07, 6.45) is 3.93. The molecule has 2 aromatic heterocycles. The molecule has 0 fully saturated rings. The number of nitrogen functional groups attached to an aromatic ring is 2. The van der Waals surface area contributed by atoms with Crippen molar-refractivity contribution in [3.05, 3.63) is 11.8 Å². The number of aromatic amines is 1. The molecule has 0 aliphatic carbocycles. The van der Waals surface area contributed by atoms with E-state index in [1.165, 1.54) is 0 Å². The molecule has 0 aliphatic rings. The summed E-state index contributed by atoms with van der Waals surface area (Å²) in [6, 6.07) is 0. The number of nitrogens with one attached hydrogen (secondary N) is 1. The molecule has 0 aromatic carbocycles. The summed E-state index contributed by atoms with van der Waals surface area (Å²) in [4.78, 5) is 13.5. The summed E-state index contributed by atoms with van der Waals surface area (Å²) in [5, 5.41) is 9.38. The van der Waals surface area contributed by atoms with Gasteiger partial charge in [-0.1, -0.05) is 0 Å². The van der Waals surface area contributed by atoms with E-state index in [0.717, 1.165) is 28.9 Å². The fourth-order valence-corrected chi connectivity index (χ4v) is 3.10. The van der Waals surface area contributed by atoms with Crippen LogP contribution in [0.2, 0.25) is 0 Å². The molecule has 7 nitrogen and oxygen atoms in total. The van der Waals surface area contributed by atoms with Gasteiger partial charge in [-0.3, -0.25) is 0 Å². The molecule has 6 N–H and O–H groups in total. The second-order valence-corrected chi connectivity index (χ2v) is 6.12. The fourth-order valence-electron chi connectivity index (χ4n) is 2.41. The van der Waals surface area contributed by atoms with Crippen molar-refractivity contribution in [3.63, 3.8) is 0 Å². The Balaban J connectivity index is 2.12. The molecule has 0 saturated heterocycles. The Morgan fingerprint density at radius 3 is 2.86 bits per heavy atom. The van der Waals surface area contributed by atoms with Gasteiger partial charge >= 0.3 is 0 Å². The average molecular weight is 310 g/mol. The summed E-state index contributed by atoms with van der Waals surface area (Å²) >= 11 is 1.74. The third kappa shape index (κ3) is 3.78. The van der Waals surface area contributed by atoms with Gasteiger partial charge in [-0.05, 0) is 19.1 Å². The van der Waals surface area contributed by atoms with Crippen LogP contribution in [0.4, 0.5) is 11.8 Å². The first kappa shape index (κ1) is 15.9. The average Bonchev–Trinajstić information content (AvgIpc) is 2.81. The van der Waals surface area contributed by atoms with E-state index in [0.29, 0.717) is 12.4 Å². The predicted octanol–water partition coefficient (Wildman–Crippen LogP) is 0.526. The maximum Gasteiger partial charge on any atom is 0.222 e.